The fourth-order valence-electron chi connectivity index (χ4n) is 1.91. The van der Waals surface area contributed by atoms with Crippen molar-refractivity contribution in [2.45, 2.75) is 51.9 Å². The van der Waals surface area contributed by atoms with Crippen molar-refractivity contribution in [3.63, 3.8) is 0 Å². The molecule has 0 fully saturated rings. The van der Waals surface area contributed by atoms with E-state index in [1.165, 1.54) is 12.1 Å². The van der Waals surface area contributed by atoms with Gasteiger partial charge in [0.2, 0.25) is 0 Å². The van der Waals surface area contributed by atoms with Crippen LogP contribution in [0.5, 0.6) is 0 Å². The first-order valence-corrected chi connectivity index (χ1v) is 6.21. The molecule has 0 aromatic heterocycles. The highest BCUT2D eigenvalue weighted by Gasteiger charge is 2.19. The largest absolute Gasteiger partial charge is 0.369 e. The summed E-state index contributed by atoms with van der Waals surface area (Å²) >= 11 is 0. The molecule has 3 atom stereocenters. The molecule has 2 N–H and O–H groups in total. The van der Waals surface area contributed by atoms with Crippen LogP contribution in [-0.2, 0) is 4.74 Å². The summed E-state index contributed by atoms with van der Waals surface area (Å²) in [5.41, 5.74) is 6.72. The van der Waals surface area contributed by atoms with Crippen LogP contribution in [0.15, 0.2) is 24.3 Å². The predicted octanol–water partition coefficient (Wildman–Crippen LogP) is 3.42. The standard InChI is InChI=1S/C14H22FNO/c1-4-6-10(2)17-14(11(3)16)12-7-5-8-13(15)9-12/h5,7-11,14H,4,6,16H2,1-3H3. The lowest BCUT2D eigenvalue weighted by molar-refractivity contribution is -0.0188. The molecule has 1 rings (SSSR count). The number of hydrogen-bond acceptors (Lipinski definition) is 2. The molecule has 0 bridgehead atoms. The minimum Gasteiger partial charge on any atom is -0.369 e. The van der Waals surface area contributed by atoms with Gasteiger partial charge in [0.1, 0.15) is 5.82 Å². The Hall–Kier alpha value is -0.930. The van der Waals surface area contributed by atoms with Gasteiger partial charge in [-0.25, -0.2) is 4.39 Å². The summed E-state index contributed by atoms with van der Waals surface area (Å²) in [7, 11) is 0. The highest BCUT2D eigenvalue weighted by Crippen LogP contribution is 2.23. The van der Waals surface area contributed by atoms with Crippen molar-refractivity contribution in [2.24, 2.45) is 5.73 Å². The van der Waals surface area contributed by atoms with Gasteiger partial charge in [-0.2, -0.15) is 0 Å². The summed E-state index contributed by atoms with van der Waals surface area (Å²) in [6, 6.07) is 6.31. The second-order valence-corrected chi connectivity index (χ2v) is 4.57. The summed E-state index contributed by atoms with van der Waals surface area (Å²) in [6.45, 7) is 6.02. The van der Waals surface area contributed by atoms with E-state index in [4.69, 9.17) is 10.5 Å². The van der Waals surface area contributed by atoms with Gasteiger partial charge in [-0.3, -0.25) is 0 Å². The van der Waals surface area contributed by atoms with Crippen molar-refractivity contribution in [1.82, 2.24) is 0 Å². The third kappa shape index (κ3) is 4.44. The molecule has 2 nitrogen and oxygen atoms in total. The fourth-order valence-corrected chi connectivity index (χ4v) is 1.91. The van der Waals surface area contributed by atoms with Crippen molar-refractivity contribution in [3.8, 4) is 0 Å². The average molecular weight is 239 g/mol. The smallest absolute Gasteiger partial charge is 0.123 e. The van der Waals surface area contributed by atoms with Gasteiger partial charge in [0.15, 0.2) is 0 Å². The van der Waals surface area contributed by atoms with Crippen LogP contribution in [0.25, 0.3) is 0 Å². The molecule has 96 valence electrons. The van der Waals surface area contributed by atoms with Crippen LogP contribution in [0, 0.1) is 5.82 Å². The zero-order chi connectivity index (χ0) is 12.8. The van der Waals surface area contributed by atoms with E-state index in [9.17, 15) is 4.39 Å². The highest BCUT2D eigenvalue weighted by atomic mass is 19.1. The fraction of sp³-hybridized carbons (Fsp3) is 0.571. The van der Waals surface area contributed by atoms with Crippen LogP contribution in [0.3, 0.4) is 0 Å². The topological polar surface area (TPSA) is 35.2 Å². The molecule has 0 saturated heterocycles. The molecule has 0 spiro atoms. The van der Waals surface area contributed by atoms with Gasteiger partial charge in [0.25, 0.3) is 0 Å². The summed E-state index contributed by atoms with van der Waals surface area (Å²) in [6.07, 6.45) is 1.95. The maximum Gasteiger partial charge on any atom is 0.123 e. The maximum atomic E-state index is 13.2. The summed E-state index contributed by atoms with van der Waals surface area (Å²) in [5.74, 6) is -0.250. The molecule has 0 radical (unpaired) electrons. The number of halogens is 1. The van der Waals surface area contributed by atoms with Crippen LogP contribution in [0.1, 0.15) is 45.3 Å². The van der Waals surface area contributed by atoms with Gasteiger partial charge in [-0.05, 0) is 38.0 Å². The molecule has 1 aromatic carbocycles. The normalized spacial score (nSPS) is 16.5. The van der Waals surface area contributed by atoms with E-state index in [1.54, 1.807) is 6.07 Å². The summed E-state index contributed by atoms with van der Waals surface area (Å²) in [4.78, 5) is 0. The SMILES string of the molecule is CCCC(C)OC(c1cccc(F)c1)C(C)N. The van der Waals surface area contributed by atoms with Crippen LogP contribution >= 0.6 is 0 Å². The predicted molar refractivity (Wildman–Crippen MR) is 68.2 cm³/mol. The van der Waals surface area contributed by atoms with Gasteiger partial charge in [-0.15, -0.1) is 0 Å². The lowest BCUT2D eigenvalue weighted by Gasteiger charge is -2.25. The minimum absolute atomic E-state index is 0.138. The summed E-state index contributed by atoms with van der Waals surface area (Å²) < 4.78 is 19.1. The van der Waals surface area contributed by atoms with Crippen molar-refractivity contribution >= 4 is 0 Å². The van der Waals surface area contributed by atoms with Gasteiger partial charge in [0.05, 0.1) is 12.2 Å². The van der Waals surface area contributed by atoms with Crippen molar-refractivity contribution in [3.05, 3.63) is 35.6 Å². The number of nitrogens with two attached hydrogens (primary N) is 1. The monoisotopic (exact) mass is 239 g/mol. The first-order chi connectivity index (χ1) is 8.04. The van der Waals surface area contributed by atoms with Gasteiger partial charge >= 0.3 is 0 Å². The lowest BCUT2D eigenvalue weighted by atomic mass is 10.0. The Labute approximate surface area is 103 Å². The molecule has 0 aliphatic rings. The van der Waals surface area contributed by atoms with Crippen molar-refractivity contribution in [2.75, 3.05) is 0 Å². The van der Waals surface area contributed by atoms with Crippen molar-refractivity contribution < 1.29 is 9.13 Å². The van der Waals surface area contributed by atoms with E-state index in [2.05, 4.69) is 6.92 Å². The molecule has 1 aromatic rings. The quantitative estimate of drug-likeness (QED) is 0.825. The van der Waals surface area contributed by atoms with E-state index in [1.807, 2.05) is 19.9 Å². The molecular formula is C14H22FNO. The Morgan fingerprint density at radius 1 is 1.35 bits per heavy atom. The number of rotatable bonds is 6. The first kappa shape index (κ1) is 14.1. The number of benzene rings is 1. The zero-order valence-electron chi connectivity index (χ0n) is 10.8. The van der Waals surface area contributed by atoms with E-state index in [-0.39, 0.29) is 24.1 Å². The number of hydrogen-bond donors (Lipinski definition) is 1. The van der Waals surface area contributed by atoms with Crippen LogP contribution in [0.2, 0.25) is 0 Å². The van der Waals surface area contributed by atoms with E-state index in [0.29, 0.717) is 0 Å². The van der Waals surface area contributed by atoms with Gasteiger partial charge in [0, 0.05) is 6.04 Å². The zero-order valence-corrected chi connectivity index (χ0v) is 10.8. The van der Waals surface area contributed by atoms with Crippen molar-refractivity contribution in [1.29, 1.82) is 0 Å². The molecule has 0 aliphatic carbocycles. The van der Waals surface area contributed by atoms with E-state index >= 15 is 0 Å². The number of ether oxygens (including phenoxy) is 1. The second kappa shape index (κ2) is 6.72. The van der Waals surface area contributed by atoms with E-state index in [0.717, 1.165) is 18.4 Å². The van der Waals surface area contributed by atoms with Crippen LogP contribution < -0.4 is 5.73 Å². The Morgan fingerprint density at radius 2 is 2.06 bits per heavy atom. The molecule has 0 aliphatic heterocycles. The molecule has 3 unspecified atom stereocenters. The van der Waals surface area contributed by atoms with Crippen LogP contribution in [-0.4, -0.2) is 12.1 Å². The third-order valence-corrected chi connectivity index (χ3v) is 2.73. The second-order valence-electron chi connectivity index (χ2n) is 4.57. The summed E-state index contributed by atoms with van der Waals surface area (Å²) in [5, 5.41) is 0. The molecule has 0 amide bonds. The Morgan fingerprint density at radius 3 is 2.59 bits per heavy atom. The Kier molecular flexibility index (Phi) is 5.59. The molecule has 0 saturated carbocycles. The third-order valence-electron chi connectivity index (χ3n) is 2.73. The Bertz CT molecular complexity index is 341. The van der Waals surface area contributed by atoms with Crippen LogP contribution in [0.4, 0.5) is 4.39 Å². The maximum absolute atomic E-state index is 13.2. The molecule has 3 heteroatoms. The first-order valence-electron chi connectivity index (χ1n) is 6.21. The van der Waals surface area contributed by atoms with Gasteiger partial charge in [-0.1, -0.05) is 25.5 Å². The van der Waals surface area contributed by atoms with Gasteiger partial charge < -0.3 is 10.5 Å². The molecule has 17 heavy (non-hydrogen) atoms. The molecule has 0 heterocycles. The Balaban J connectivity index is 2.79. The highest BCUT2D eigenvalue weighted by molar-refractivity contribution is 5.20. The lowest BCUT2D eigenvalue weighted by Crippen LogP contribution is -2.29. The minimum atomic E-state index is -0.250. The van der Waals surface area contributed by atoms with E-state index < -0.39 is 0 Å². The average Bonchev–Trinajstić information content (AvgIpc) is 2.26. The molecular weight excluding hydrogens is 217 g/mol.